The van der Waals surface area contributed by atoms with E-state index >= 15 is 0 Å². The van der Waals surface area contributed by atoms with Gasteiger partial charge in [-0.15, -0.1) is 0 Å². The van der Waals surface area contributed by atoms with Gasteiger partial charge in [0.05, 0.1) is 32.6 Å². The summed E-state index contributed by atoms with van der Waals surface area (Å²) in [5, 5.41) is 28.8. The van der Waals surface area contributed by atoms with Crippen LogP contribution in [0.2, 0.25) is 0 Å². The van der Waals surface area contributed by atoms with Crippen molar-refractivity contribution >= 4 is 11.4 Å². The van der Waals surface area contributed by atoms with Crippen LogP contribution in [0, 0.1) is 0 Å². The lowest BCUT2D eigenvalue weighted by molar-refractivity contribution is 0.0896. The van der Waals surface area contributed by atoms with E-state index in [-0.39, 0.29) is 13.2 Å². The van der Waals surface area contributed by atoms with E-state index in [0.717, 1.165) is 5.56 Å². The third kappa shape index (κ3) is 2.72. The van der Waals surface area contributed by atoms with Gasteiger partial charge in [-0.2, -0.15) is 0 Å². The van der Waals surface area contributed by atoms with Gasteiger partial charge in [0.25, 0.3) is 0 Å². The summed E-state index contributed by atoms with van der Waals surface area (Å²) in [5.41, 5.74) is 1.48. The molecule has 110 valence electrons. The second-order valence-corrected chi connectivity index (χ2v) is 4.52. The van der Waals surface area contributed by atoms with Gasteiger partial charge in [-0.25, -0.2) is 0 Å². The molecule has 0 amide bonds. The molecule has 1 aromatic rings. The molecule has 0 spiro atoms. The Morgan fingerprint density at radius 2 is 2.05 bits per heavy atom. The molecule has 0 aliphatic carbocycles. The van der Waals surface area contributed by atoms with Crippen LogP contribution in [0.5, 0.6) is 5.75 Å². The fourth-order valence-corrected chi connectivity index (χ4v) is 2.21. The molecule has 1 aliphatic rings. The Labute approximate surface area is 117 Å². The van der Waals surface area contributed by atoms with Crippen LogP contribution >= 0.6 is 0 Å². The summed E-state index contributed by atoms with van der Waals surface area (Å²) in [5.74, 6) is 1.20. The Bertz CT molecular complexity index is 502. The zero-order valence-corrected chi connectivity index (χ0v) is 11.5. The van der Waals surface area contributed by atoms with Crippen LogP contribution in [0.1, 0.15) is 5.56 Å². The Kier molecular flexibility index (Phi) is 4.49. The molecule has 2 atom stereocenters. The Morgan fingerprint density at radius 3 is 2.65 bits per heavy atom. The first-order valence-corrected chi connectivity index (χ1v) is 6.28. The normalized spacial score (nSPS) is 19.1. The lowest BCUT2D eigenvalue weighted by atomic mass is 10.0. The number of nitrogens with zero attached hydrogens (tertiary/aromatic N) is 1. The quantitative estimate of drug-likeness (QED) is 0.714. The van der Waals surface area contributed by atoms with Crippen molar-refractivity contribution in [3.8, 4) is 5.75 Å². The molecule has 1 heterocycles. The highest BCUT2D eigenvalue weighted by Gasteiger charge is 2.27. The minimum atomic E-state index is -0.943. The first kappa shape index (κ1) is 14.6. The number of hydrogen-bond acceptors (Lipinski definition) is 6. The molecule has 2 rings (SSSR count). The molecule has 0 saturated heterocycles. The minimum Gasteiger partial charge on any atom is -0.497 e. The summed E-state index contributed by atoms with van der Waals surface area (Å²) in [7, 11) is 3.09. The van der Waals surface area contributed by atoms with Crippen LogP contribution in [0.15, 0.2) is 24.3 Å². The number of anilines is 1. The van der Waals surface area contributed by atoms with Crippen LogP contribution < -0.4 is 9.64 Å². The second-order valence-electron chi connectivity index (χ2n) is 4.52. The van der Waals surface area contributed by atoms with Gasteiger partial charge < -0.3 is 29.7 Å². The van der Waals surface area contributed by atoms with Gasteiger partial charge in [0, 0.05) is 24.3 Å². The van der Waals surface area contributed by atoms with E-state index in [1.165, 1.54) is 7.11 Å². The maximum absolute atomic E-state index is 10.2. The van der Waals surface area contributed by atoms with Crippen molar-refractivity contribution in [2.75, 3.05) is 32.3 Å². The third-order valence-electron chi connectivity index (χ3n) is 3.24. The molecule has 3 N–H and O–H groups in total. The number of β-amino-alcohol motifs (C(OH)–C–C–N with tert-alkyl or cyclic N) is 1. The van der Waals surface area contributed by atoms with Gasteiger partial charge in [0.1, 0.15) is 17.7 Å². The predicted molar refractivity (Wildman–Crippen MR) is 74.4 cm³/mol. The van der Waals surface area contributed by atoms with E-state index in [2.05, 4.69) is 0 Å². The molecule has 0 bridgehead atoms. The molecule has 0 saturated carbocycles. The maximum Gasteiger partial charge on any atom is 0.150 e. The number of aliphatic hydroxyl groups excluding tert-OH is 3. The van der Waals surface area contributed by atoms with Gasteiger partial charge in [-0.05, 0) is 12.1 Å². The standard InChI is InChI=1S/C14H19NO5/c1-19-10-3-4-11-12(5-10)15(7-9(17)8-16)14(18)6-13(11)20-2/h3-6,9,14,16-18H,7-8H2,1-2H3. The maximum atomic E-state index is 10.2. The SMILES string of the molecule is COC1=CC(O)N(CC(O)CO)c2cc(OC)ccc21. The fourth-order valence-electron chi connectivity index (χ4n) is 2.21. The average Bonchev–Trinajstić information content (AvgIpc) is 2.48. The summed E-state index contributed by atoms with van der Waals surface area (Å²) in [6.07, 6.45) is -0.328. The predicted octanol–water partition coefficient (Wildman–Crippen LogP) is 0.174. The van der Waals surface area contributed by atoms with Crippen molar-refractivity contribution in [3.63, 3.8) is 0 Å². The third-order valence-corrected chi connectivity index (χ3v) is 3.24. The molecule has 0 aromatic heterocycles. The van der Waals surface area contributed by atoms with Crippen LogP contribution in [0.3, 0.4) is 0 Å². The van der Waals surface area contributed by atoms with Crippen molar-refractivity contribution in [1.82, 2.24) is 0 Å². The average molecular weight is 281 g/mol. The van der Waals surface area contributed by atoms with Gasteiger partial charge in [-0.3, -0.25) is 0 Å². The number of hydrogen-bond donors (Lipinski definition) is 3. The zero-order chi connectivity index (χ0) is 14.7. The lowest BCUT2D eigenvalue weighted by Crippen LogP contribution is -2.43. The molecule has 6 heteroatoms. The lowest BCUT2D eigenvalue weighted by Gasteiger charge is -2.35. The molecule has 0 fully saturated rings. The van der Waals surface area contributed by atoms with E-state index in [4.69, 9.17) is 14.6 Å². The molecular formula is C14H19NO5. The molecule has 1 aliphatic heterocycles. The molecule has 20 heavy (non-hydrogen) atoms. The highest BCUT2D eigenvalue weighted by atomic mass is 16.5. The summed E-state index contributed by atoms with van der Waals surface area (Å²) >= 11 is 0. The number of benzene rings is 1. The number of rotatable bonds is 5. The van der Waals surface area contributed by atoms with Crippen LogP contribution in [0.4, 0.5) is 5.69 Å². The molecule has 1 aromatic carbocycles. The van der Waals surface area contributed by atoms with Crippen molar-refractivity contribution in [3.05, 3.63) is 29.8 Å². The smallest absolute Gasteiger partial charge is 0.150 e. The van der Waals surface area contributed by atoms with Crippen LogP contribution in [-0.4, -0.2) is 55.0 Å². The molecule has 0 radical (unpaired) electrons. The first-order valence-electron chi connectivity index (χ1n) is 6.28. The van der Waals surface area contributed by atoms with Crippen molar-refractivity contribution in [1.29, 1.82) is 0 Å². The highest BCUT2D eigenvalue weighted by molar-refractivity contribution is 5.78. The van der Waals surface area contributed by atoms with E-state index < -0.39 is 12.3 Å². The van der Waals surface area contributed by atoms with E-state index in [1.807, 2.05) is 6.07 Å². The molecule has 2 unspecified atom stereocenters. The minimum absolute atomic E-state index is 0.103. The fraction of sp³-hybridized carbons (Fsp3) is 0.429. The van der Waals surface area contributed by atoms with E-state index in [9.17, 15) is 10.2 Å². The summed E-state index contributed by atoms with van der Waals surface area (Å²) < 4.78 is 10.4. The van der Waals surface area contributed by atoms with Crippen LogP contribution in [-0.2, 0) is 4.74 Å². The van der Waals surface area contributed by atoms with Gasteiger partial charge >= 0.3 is 0 Å². The summed E-state index contributed by atoms with van der Waals surface area (Å²) in [6, 6.07) is 5.38. The number of aliphatic hydroxyl groups is 3. The summed E-state index contributed by atoms with van der Waals surface area (Å²) in [6.45, 7) is -0.269. The zero-order valence-electron chi connectivity index (χ0n) is 11.5. The van der Waals surface area contributed by atoms with Crippen molar-refractivity contribution < 1.29 is 24.8 Å². The molecular weight excluding hydrogens is 262 g/mol. The van der Waals surface area contributed by atoms with E-state index in [1.54, 1.807) is 30.2 Å². The molecule has 6 nitrogen and oxygen atoms in total. The number of methoxy groups -OCH3 is 2. The van der Waals surface area contributed by atoms with Gasteiger partial charge in [-0.1, -0.05) is 0 Å². The topological polar surface area (TPSA) is 82.4 Å². The Hall–Kier alpha value is -1.76. The van der Waals surface area contributed by atoms with Crippen molar-refractivity contribution in [2.45, 2.75) is 12.3 Å². The largest absolute Gasteiger partial charge is 0.497 e. The van der Waals surface area contributed by atoms with Gasteiger partial charge in [0.2, 0.25) is 0 Å². The van der Waals surface area contributed by atoms with Crippen molar-refractivity contribution in [2.24, 2.45) is 0 Å². The Balaban J connectivity index is 2.43. The second kappa shape index (κ2) is 6.13. The first-order chi connectivity index (χ1) is 9.60. The monoisotopic (exact) mass is 281 g/mol. The van der Waals surface area contributed by atoms with Gasteiger partial charge in [0.15, 0.2) is 0 Å². The highest BCUT2D eigenvalue weighted by Crippen LogP contribution is 2.36. The number of ether oxygens (including phenoxy) is 2. The number of fused-ring (bicyclic) bond motifs is 1. The van der Waals surface area contributed by atoms with E-state index in [0.29, 0.717) is 17.2 Å². The summed E-state index contributed by atoms with van der Waals surface area (Å²) in [4.78, 5) is 1.58. The van der Waals surface area contributed by atoms with Crippen LogP contribution in [0.25, 0.3) is 5.76 Å². The Morgan fingerprint density at radius 1 is 1.30 bits per heavy atom.